The zero-order valence-corrected chi connectivity index (χ0v) is 18.1. The molecule has 4 atom stereocenters. The largest absolute Gasteiger partial charge is 0.324 e. The number of sulfonamides is 1. The maximum absolute atomic E-state index is 12.7. The third-order valence-electron chi connectivity index (χ3n) is 5.81. The van der Waals surface area contributed by atoms with Gasteiger partial charge >= 0.3 is 0 Å². The summed E-state index contributed by atoms with van der Waals surface area (Å²) >= 11 is 0. The Labute approximate surface area is 163 Å². The Morgan fingerprint density at radius 2 is 1.89 bits per heavy atom. The van der Waals surface area contributed by atoms with E-state index in [0.29, 0.717) is 23.6 Å². The van der Waals surface area contributed by atoms with Crippen LogP contribution in [-0.2, 0) is 14.8 Å². The maximum Gasteiger partial charge on any atom is 0.242 e. The van der Waals surface area contributed by atoms with Gasteiger partial charge < -0.3 is 10.6 Å². The third-order valence-corrected chi connectivity index (χ3v) is 7.62. The van der Waals surface area contributed by atoms with Gasteiger partial charge in [-0.1, -0.05) is 32.8 Å². The topological polar surface area (TPSA) is 78.5 Å². The van der Waals surface area contributed by atoms with Crippen LogP contribution >= 0.6 is 0 Å². The number of amides is 1. The summed E-state index contributed by atoms with van der Waals surface area (Å²) in [6, 6.07) is 4.79. The molecule has 4 unspecified atom stereocenters. The van der Waals surface area contributed by atoms with Crippen LogP contribution in [-0.4, -0.2) is 44.8 Å². The summed E-state index contributed by atoms with van der Waals surface area (Å²) in [5.41, 5.74) is 1.36. The molecule has 2 N–H and O–H groups in total. The summed E-state index contributed by atoms with van der Waals surface area (Å²) in [7, 11) is -0.558. The van der Waals surface area contributed by atoms with Crippen LogP contribution in [0.25, 0.3) is 0 Å². The molecule has 0 bridgehead atoms. The van der Waals surface area contributed by atoms with Crippen LogP contribution in [0.2, 0.25) is 0 Å². The molecule has 1 saturated carbocycles. The molecule has 0 heterocycles. The van der Waals surface area contributed by atoms with E-state index in [0.717, 1.165) is 12.0 Å². The number of rotatable bonds is 6. The van der Waals surface area contributed by atoms with Crippen LogP contribution in [0.4, 0.5) is 5.69 Å². The molecule has 0 aromatic heterocycles. The van der Waals surface area contributed by atoms with Crippen molar-refractivity contribution >= 4 is 21.6 Å². The molecule has 1 aliphatic carbocycles. The van der Waals surface area contributed by atoms with Crippen molar-refractivity contribution in [3.8, 4) is 0 Å². The zero-order valence-electron chi connectivity index (χ0n) is 17.2. The SMILES string of the molecule is Cc1ccc(S(=O)(=O)N(C)C)cc1NC(=O)C(C)NC1CCCC(C)C1C. The smallest absolute Gasteiger partial charge is 0.242 e. The second-order valence-corrected chi connectivity index (χ2v) is 10.2. The van der Waals surface area contributed by atoms with Crippen LogP contribution in [0.1, 0.15) is 45.6 Å². The van der Waals surface area contributed by atoms with Gasteiger partial charge in [-0.3, -0.25) is 4.79 Å². The number of nitrogens with zero attached hydrogens (tertiary/aromatic N) is 1. The summed E-state index contributed by atoms with van der Waals surface area (Å²) in [5.74, 6) is 1.04. The lowest BCUT2D eigenvalue weighted by atomic mass is 9.78. The van der Waals surface area contributed by atoms with Crippen LogP contribution in [0.3, 0.4) is 0 Å². The fourth-order valence-electron chi connectivity index (χ4n) is 3.56. The fraction of sp³-hybridized carbons (Fsp3) is 0.650. The van der Waals surface area contributed by atoms with Crippen molar-refractivity contribution in [2.75, 3.05) is 19.4 Å². The number of benzene rings is 1. The molecular formula is C20H33N3O3S. The lowest BCUT2D eigenvalue weighted by molar-refractivity contribution is -0.118. The van der Waals surface area contributed by atoms with Crippen LogP contribution < -0.4 is 10.6 Å². The molecule has 1 amide bonds. The molecule has 27 heavy (non-hydrogen) atoms. The second-order valence-electron chi connectivity index (χ2n) is 8.02. The number of carbonyl (C=O) groups excluding carboxylic acids is 1. The summed E-state index contributed by atoms with van der Waals surface area (Å²) in [4.78, 5) is 12.9. The van der Waals surface area contributed by atoms with Gasteiger partial charge in [-0.15, -0.1) is 0 Å². The van der Waals surface area contributed by atoms with Gasteiger partial charge in [0.25, 0.3) is 0 Å². The van der Waals surface area contributed by atoms with E-state index >= 15 is 0 Å². The first-order chi connectivity index (χ1) is 12.5. The summed E-state index contributed by atoms with van der Waals surface area (Å²) in [6.07, 6.45) is 3.51. The van der Waals surface area contributed by atoms with E-state index in [2.05, 4.69) is 24.5 Å². The lowest BCUT2D eigenvalue weighted by Crippen LogP contribution is -2.49. The van der Waals surface area contributed by atoms with Crippen LogP contribution in [0.5, 0.6) is 0 Å². The first-order valence-corrected chi connectivity index (χ1v) is 11.1. The average molecular weight is 396 g/mol. The van der Waals surface area contributed by atoms with Crippen molar-refractivity contribution in [2.24, 2.45) is 11.8 Å². The summed E-state index contributed by atoms with van der Waals surface area (Å²) < 4.78 is 25.9. The van der Waals surface area contributed by atoms with E-state index in [9.17, 15) is 13.2 Å². The molecule has 7 heteroatoms. The molecule has 2 rings (SSSR count). The Morgan fingerprint density at radius 3 is 2.52 bits per heavy atom. The number of carbonyl (C=O) groups is 1. The molecule has 0 saturated heterocycles. The van der Waals surface area contributed by atoms with E-state index < -0.39 is 10.0 Å². The summed E-state index contributed by atoms with van der Waals surface area (Å²) in [6.45, 7) is 8.22. The van der Waals surface area contributed by atoms with Gasteiger partial charge in [0.1, 0.15) is 0 Å². The van der Waals surface area contributed by atoms with E-state index in [1.165, 1.54) is 37.3 Å². The highest BCUT2D eigenvalue weighted by molar-refractivity contribution is 7.89. The van der Waals surface area contributed by atoms with Crippen molar-refractivity contribution in [2.45, 2.75) is 63.9 Å². The van der Waals surface area contributed by atoms with E-state index in [1.807, 2.05) is 13.8 Å². The number of hydrogen-bond acceptors (Lipinski definition) is 4. The number of hydrogen-bond donors (Lipinski definition) is 2. The van der Waals surface area contributed by atoms with Crippen molar-refractivity contribution in [3.05, 3.63) is 23.8 Å². The van der Waals surface area contributed by atoms with Gasteiger partial charge in [-0.25, -0.2) is 12.7 Å². The lowest BCUT2D eigenvalue weighted by Gasteiger charge is -2.36. The molecular weight excluding hydrogens is 362 g/mol. The Hall–Kier alpha value is -1.44. The van der Waals surface area contributed by atoms with Crippen molar-refractivity contribution in [1.82, 2.24) is 9.62 Å². The monoisotopic (exact) mass is 395 g/mol. The van der Waals surface area contributed by atoms with Gasteiger partial charge in [0.15, 0.2) is 0 Å². The number of nitrogens with one attached hydrogen (secondary N) is 2. The zero-order chi connectivity index (χ0) is 20.4. The maximum atomic E-state index is 12.7. The van der Waals surface area contributed by atoms with Crippen molar-refractivity contribution < 1.29 is 13.2 Å². The van der Waals surface area contributed by atoms with Crippen LogP contribution in [0.15, 0.2) is 23.1 Å². The first-order valence-electron chi connectivity index (χ1n) is 9.64. The van der Waals surface area contributed by atoms with Gasteiger partial charge in [-0.2, -0.15) is 0 Å². The highest BCUT2D eigenvalue weighted by Gasteiger charge is 2.29. The minimum Gasteiger partial charge on any atom is -0.324 e. The van der Waals surface area contributed by atoms with Crippen molar-refractivity contribution in [1.29, 1.82) is 0 Å². The number of aryl methyl sites for hydroxylation is 1. The van der Waals surface area contributed by atoms with E-state index in [1.54, 1.807) is 12.1 Å². The highest BCUT2D eigenvalue weighted by Crippen LogP contribution is 2.30. The third kappa shape index (κ3) is 5.09. The van der Waals surface area contributed by atoms with Gasteiger partial charge in [0.2, 0.25) is 15.9 Å². The van der Waals surface area contributed by atoms with Crippen LogP contribution in [0, 0.1) is 18.8 Å². The fourth-order valence-corrected chi connectivity index (χ4v) is 4.49. The number of anilines is 1. The van der Waals surface area contributed by atoms with Gasteiger partial charge in [0, 0.05) is 25.8 Å². The normalized spacial score (nSPS) is 24.6. The minimum atomic E-state index is -3.54. The Morgan fingerprint density at radius 1 is 1.22 bits per heavy atom. The second kappa shape index (κ2) is 8.71. The van der Waals surface area contributed by atoms with Crippen molar-refractivity contribution in [3.63, 3.8) is 0 Å². The molecule has 0 radical (unpaired) electrons. The van der Waals surface area contributed by atoms with Gasteiger partial charge in [-0.05, 0) is 49.8 Å². The predicted molar refractivity (Wildman–Crippen MR) is 109 cm³/mol. The van der Waals surface area contributed by atoms with Gasteiger partial charge in [0.05, 0.1) is 10.9 Å². The first kappa shape index (κ1) is 21.9. The molecule has 1 aromatic carbocycles. The van der Waals surface area contributed by atoms with E-state index in [4.69, 9.17) is 0 Å². The summed E-state index contributed by atoms with van der Waals surface area (Å²) in [5, 5.41) is 6.36. The molecule has 6 nitrogen and oxygen atoms in total. The van der Waals surface area contributed by atoms with E-state index in [-0.39, 0.29) is 16.8 Å². The molecule has 152 valence electrons. The average Bonchev–Trinajstić information content (AvgIpc) is 2.60. The molecule has 1 aromatic rings. The molecule has 1 aliphatic rings. The standard InChI is InChI=1S/C20H33N3O3S/c1-13-8-7-9-18(15(13)3)21-16(4)20(24)22-19-12-17(11-10-14(19)2)27(25,26)23(5)6/h10-13,15-16,18,21H,7-9H2,1-6H3,(H,22,24). The molecule has 1 fully saturated rings. The highest BCUT2D eigenvalue weighted by atomic mass is 32.2. The quantitative estimate of drug-likeness (QED) is 0.776. The molecule has 0 spiro atoms. The Balaban J connectivity index is 2.10. The predicted octanol–water partition coefficient (Wildman–Crippen LogP) is 2.99. The minimum absolute atomic E-state index is 0.150. The molecule has 0 aliphatic heterocycles. The Kier molecular flexibility index (Phi) is 7.05. The Bertz CT molecular complexity index is 777.